The number of amides is 2. The van der Waals surface area contributed by atoms with Crippen molar-refractivity contribution in [1.29, 1.82) is 0 Å². The molecule has 1 aromatic carbocycles. The molecule has 0 bridgehead atoms. The van der Waals surface area contributed by atoms with Crippen molar-refractivity contribution < 1.29 is 19.1 Å². The average molecular weight is 387 g/mol. The van der Waals surface area contributed by atoms with Gasteiger partial charge in [-0.2, -0.15) is 0 Å². The van der Waals surface area contributed by atoms with E-state index in [0.29, 0.717) is 13.1 Å². The van der Waals surface area contributed by atoms with Gasteiger partial charge in [0.15, 0.2) is 11.5 Å². The summed E-state index contributed by atoms with van der Waals surface area (Å²) < 4.78 is 10.8. The molecule has 4 rings (SSSR count). The normalized spacial score (nSPS) is 19.9. The Morgan fingerprint density at radius 2 is 1.50 bits per heavy atom. The van der Waals surface area contributed by atoms with Gasteiger partial charge < -0.3 is 19.3 Å². The van der Waals surface area contributed by atoms with Crippen LogP contribution in [0, 0.1) is 5.41 Å². The molecule has 0 unspecified atom stereocenters. The highest BCUT2D eigenvalue weighted by atomic mass is 16.7. The Kier molecular flexibility index (Phi) is 5.19. The fourth-order valence-electron chi connectivity index (χ4n) is 4.21. The zero-order valence-corrected chi connectivity index (χ0v) is 16.8. The zero-order valence-electron chi connectivity index (χ0n) is 16.8. The molecule has 0 aromatic heterocycles. The summed E-state index contributed by atoms with van der Waals surface area (Å²) in [6.07, 6.45) is 2.07. The number of hydrogen-bond donors (Lipinski definition) is 0. The molecule has 0 atom stereocenters. The van der Waals surface area contributed by atoms with E-state index >= 15 is 0 Å². The Bertz CT molecular complexity index is 750. The van der Waals surface area contributed by atoms with Crippen LogP contribution in [0.15, 0.2) is 18.2 Å². The van der Waals surface area contributed by atoms with Gasteiger partial charge in [-0.25, -0.2) is 0 Å². The highest BCUT2D eigenvalue weighted by Gasteiger charge is 2.42. The molecule has 7 nitrogen and oxygen atoms in total. The van der Waals surface area contributed by atoms with Gasteiger partial charge in [0.1, 0.15) is 5.41 Å². The number of nitrogens with zero attached hydrogens (tertiary/aromatic N) is 3. The first kappa shape index (κ1) is 19.1. The molecule has 3 aliphatic rings. The van der Waals surface area contributed by atoms with Crippen LogP contribution in [0.25, 0.3) is 0 Å². The van der Waals surface area contributed by atoms with Gasteiger partial charge in [0, 0.05) is 45.8 Å². The predicted molar refractivity (Wildman–Crippen MR) is 104 cm³/mol. The van der Waals surface area contributed by atoms with Crippen LogP contribution in [0.2, 0.25) is 0 Å². The van der Waals surface area contributed by atoms with Gasteiger partial charge in [0.25, 0.3) is 0 Å². The maximum absolute atomic E-state index is 13.0. The number of carbonyl (C=O) groups excluding carboxylic acids is 2. The second-order valence-electron chi connectivity index (χ2n) is 8.38. The molecule has 0 aliphatic carbocycles. The molecular weight excluding hydrogens is 358 g/mol. The Morgan fingerprint density at radius 3 is 2.18 bits per heavy atom. The standard InChI is InChI=1S/C21H29N3O4/c1-21(2,19(25)23-7-3-4-8-23)20(26)24-11-9-22(10-12-24)14-16-5-6-17-18(13-16)28-15-27-17/h5-6,13H,3-4,7-12,14-15H2,1-2H3. The molecule has 3 aliphatic heterocycles. The number of ether oxygens (including phenoxy) is 2. The maximum Gasteiger partial charge on any atom is 0.237 e. The highest BCUT2D eigenvalue weighted by molar-refractivity contribution is 6.04. The van der Waals surface area contributed by atoms with Gasteiger partial charge in [-0.15, -0.1) is 0 Å². The second kappa shape index (κ2) is 7.62. The van der Waals surface area contributed by atoms with E-state index in [1.807, 2.05) is 21.9 Å². The van der Waals surface area contributed by atoms with Gasteiger partial charge in [0.2, 0.25) is 18.6 Å². The summed E-state index contributed by atoms with van der Waals surface area (Å²) in [5, 5.41) is 0. The van der Waals surface area contributed by atoms with E-state index < -0.39 is 5.41 Å². The Morgan fingerprint density at radius 1 is 0.893 bits per heavy atom. The van der Waals surface area contributed by atoms with Gasteiger partial charge in [0.05, 0.1) is 0 Å². The van der Waals surface area contributed by atoms with Crippen LogP contribution in [-0.2, 0) is 16.1 Å². The third-order valence-corrected chi connectivity index (χ3v) is 5.97. The van der Waals surface area contributed by atoms with Gasteiger partial charge in [-0.3, -0.25) is 14.5 Å². The fourth-order valence-corrected chi connectivity index (χ4v) is 4.21. The maximum atomic E-state index is 13.0. The minimum Gasteiger partial charge on any atom is -0.454 e. The van der Waals surface area contributed by atoms with Gasteiger partial charge >= 0.3 is 0 Å². The topological polar surface area (TPSA) is 62.3 Å². The summed E-state index contributed by atoms with van der Waals surface area (Å²) in [5.41, 5.74) is 0.192. The van der Waals surface area contributed by atoms with Crippen molar-refractivity contribution in [2.45, 2.75) is 33.2 Å². The van der Waals surface area contributed by atoms with Crippen LogP contribution in [0.1, 0.15) is 32.3 Å². The van der Waals surface area contributed by atoms with Crippen molar-refractivity contribution in [3.05, 3.63) is 23.8 Å². The SMILES string of the molecule is CC(C)(C(=O)N1CCCC1)C(=O)N1CCN(Cc2ccc3c(c2)OCO3)CC1. The number of fused-ring (bicyclic) bond motifs is 1. The van der Waals surface area contributed by atoms with E-state index in [1.54, 1.807) is 13.8 Å². The Labute approximate surface area is 166 Å². The van der Waals surface area contributed by atoms with Crippen molar-refractivity contribution in [1.82, 2.24) is 14.7 Å². The Hall–Kier alpha value is -2.28. The number of rotatable bonds is 4. The summed E-state index contributed by atoms with van der Waals surface area (Å²) in [5.74, 6) is 1.52. The Balaban J connectivity index is 1.32. The molecule has 3 heterocycles. The van der Waals surface area contributed by atoms with Crippen LogP contribution in [0.5, 0.6) is 11.5 Å². The fraction of sp³-hybridized carbons (Fsp3) is 0.619. The van der Waals surface area contributed by atoms with Crippen LogP contribution in [0.3, 0.4) is 0 Å². The largest absolute Gasteiger partial charge is 0.454 e. The molecule has 0 spiro atoms. The van der Waals surface area contributed by atoms with Gasteiger partial charge in [-0.05, 0) is 44.4 Å². The third kappa shape index (κ3) is 3.68. The average Bonchev–Trinajstić information content (AvgIpc) is 3.39. The lowest BCUT2D eigenvalue weighted by Crippen LogP contribution is -2.55. The number of piperazine rings is 1. The van der Waals surface area contributed by atoms with Crippen LogP contribution in [-0.4, -0.2) is 72.6 Å². The molecule has 7 heteroatoms. The summed E-state index contributed by atoms with van der Waals surface area (Å²) in [4.78, 5) is 31.9. The quantitative estimate of drug-likeness (QED) is 0.736. The van der Waals surface area contributed by atoms with E-state index in [0.717, 1.165) is 57.1 Å². The zero-order chi connectivity index (χ0) is 19.7. The first-order valence-electron chi connectivity index (χ1n) is 10.1. The lowest BCUT2D eigenvalue weighted by atomic mass is 9.89. The summed E-state index contributed by atoms with van der Waals surface area (Å²) in [6, 6.07) is 6.03. The van der Waals surface area contributed by atoms with E-state index in [1.165, 1.54) is 5.56 Å². The molecular formula is C21H29N3O4. The van der Waals surface area contributed by atoms with Crippen molar-refractivity contribution in [3.63, 3.8) is 0 Å². The molecule has 2 amide bonds. The van der Waals surface area contributed by atoms with E-state index in [9.17, 15) is 9.59 Å². The summed E-state index contributed by atoms with van der Waals surface area (Å²) in [6.45, 7) is 9.10. The third-order valence-electron chi connectivity index (χ3n) is 5.97. The first-order valence-corrected chi connectivity index (χ1v) is 10.1. The van der Waals surface area contributed by atoms with E-state index in [4.69, 9.17) is 9.47 Å². The number of likely N-dealkylation sites (tertiary alicyclic amines) is 1. The molecule has 1 aromatic rings. The summed E-state index contributed by atoms with van der Waals surface area (Å²) >= 11 is 0. The minimum absolute atomic E-state index is 0.0298. The predicted octanol–water partition coefficient (Wildman–Crippen LogP) is 1.71. The first-order chi connectivity index (χ1) is 13.4. The highest BCUT2D eigenvalue weighted by Crippen LogP contribution is 2.33. The van der Waals surface area contributed by atoms with Crippen molar-refractivity contribution in [3.8, 4) is 11.5 Å². The van der Waals surface area contributed by atoms with Crippen molar-refractivity contribution in [2.24, 2.45) is 5.41 Å². The van der Waals surface area contributed by atoms with Gasteiger partial charge in [-0.1, -0.05) is 6.07 Å². The molecule has 152 valence electrons. The molecule has 0 N–H and O–H groups in total. The minimum atomic E-state index is -0.982. The second-order valence-corrected chi connectivity index (χ2v) is 8.38. The molecule has 28 heavy (non-hydrogen) atoms. The van der Waals surface area contributed by atoms with Crippen molar-refractivity contribution >= 4 is 11.8 Å². The van der Waals surface area contributed by atoms with E-state index in [2.05, 4.69) is 11.0 Å². The lowest BCUT2D eigenvalue weighted by Gasteiger charge is -2.39. The van der Waals surface area contributed by atoms with Crippen LogP contribution < -0.4 is 9.47 Å². The smallest absolute Gasteiger partial charge is 0.237 e. The molecule has 0 radical (unpaired) electrons. The summed E-state index contributed by atoms with van der Waals surface area (Å²) in [7, 11) is 0. The van der Waals surface area contributed by atoms with Crippen LogP contribution >= 0.6 is 0 Å². The lowest BCUT2D eigenvalue weighted by molar-refractivity contribution is -0.154. The number of carbonyl (C=O) groups is 2. The van der Waals surface area contributed by atoms with Crippen molar-refractivity contribution in [2.75, 3.05) is 46.1 Å². The van der Waals surface area contributed by atoms with E-state index in [-0.39, 0.29) is 18.6 Å². The molecule has 0 saturated carbocycles. The molecule has 2 saturated heterocycles. The number of benzene rings is 1. The monoisotopic (exact) mass is 387 g/mol. The van der Waals surface area contributed by atoms with Crippen LogP contribution in [0.4, 0.5) is 0 Å². The number of hydrogen-bond acceptors (Lipinski definition) is 5. The molecule has 2 fully saturated rings.